The minimum absolute atomic E-state index is 0.142. The number of aliphatic hydroxyl groups excluding tert-OH is 1. The first-order chi connectivity index (χ1) is 9.11. The maximum Gasteiger partial charge on any atom is 0.151 e. The van der Waals surface area contributed by atoms with E-state index < -0.39 is 9.84 Å². The average molecular weight is 299 g/mol. The van der Waals surface area contributed by atoms with Crippen LogP contribution < -0.4 is 0 Å². The Bertz CT molecular complexity index is 581. The summed E-state index contributed by atoms with van der Waals surface area (Å²) in [7, 11) is -2.85. The molecule has 6 heteroatoms. The fourth-order valence-electron chi connectivity index (χ4n) is 2.06. The standard InChI is InChI=1S/C13H17NO3S2/c15-7-1-3-12-4-8-18-13(12)11-14-5-2-9-19(16,17)10-6-14/h4,8,15H,2,5-7,9-11H2. The van der Waals surface area contributed by atoms with Crippen molar-refractivity contribution in [3.05, 3.63) is 21.9 Å². The third kappa shape index (κ3) is 4.32. The molecule has 1 aliphatic rings. The lowest BCUT2D eigenvalue weighted by atomic mass is 10.2. The lowest BCUT2D eigenvalue weighted by Gasteiger charge is -2.18. The van der Waals surface area contributed by atoms with Crippen LogP contribution >= 0.6 is 11.3 Å². The number of aliphatic hydroxyl groups is 1. The van der Waals surface area contributed by atoms with E-state index in [4.69, 9.17) is 5.11 Å². The van der Waals surface area contributed by atoms with Crippen molar-refractivity contribution in [1.29, 1.82) is 0 Å². The number of hydrogen-bond donors (Lipinski definition) is 1. The Balaban J connectivity index is 2.03. The van der Waals surface area contributed by atoms with Crippen molar-refractivity contribution in [3.8, 4) is 11.8 Å². The molecule has 19 heavy (non-hydrogen) atoms. The number of hydrogen-bond acceptors (Lipinski definition) is 5. The minimum atomic E-state index is -2.85. The molecule has 4 nitrogen and oxygen atoms in total. The number of sulfone groups is 1. The Hall–Kier alpha value is -0.870. The molecule has 1 N–H and O–H groups in total. The van der Waals surface area contributed by atoms with E-state index in [0.29, 0.717) is 18.7 Å². The summed E-state index contributed by atoms with van der Waals surface area (Å²) in [4.78, 5) is 3.31. The molecule has 1 fully saturated rings. The Kier molecular flexibility index (Phi) is 4.99. The van der Waals surface area contributed by atoms with E-state index in [1.54, 1.807) is 11.3 Å². The summed E-state index contributed by atoms with van der Waals surface area (Å²) < 4.78 is 23.1. The van der Waals surface area contributed by atoms with Gasteiger partial charge < -0.3 is 5.11 Å². The van der Waals surface area contributed by atoms with Gasteiger partial charge in [0, 0.05) is 23.5 Å². The van der Waals surface area contributed by atoms with Crippen LogP contribution in [0.5, 0.6) is 0 Å². The van der Waals surface area contributed by atoms with E-state index >= 15 is 0 Å². The third-order valence-electron chi connectivity index (χ3n) is 3.06. The van der Waals surface area contributed by atoms with Gasteiger partial charge in [-0.2, -0.15) is 0 Å². The summed E-state index contributed by atoms with van der Waals surface area (Å²) in [6, 6.07) is 1.94. The molecule has 0 saturated carbocycles. The van der Waals surface area contributed by atoms with Crippen LogP contribution in [-0.2, 0) is 16.4 Å². The minimum Gasteiger partial charge on any atom is -0.384 e. The number of nitrogens with zero attached hydrogens (tertiary/aromatic N) is 1. The average Bonchev–Trinajstić information content (AvgIpc) is 2.72. The summed E-state index contributed by atoms with van der Waals surface area (Å²) in [5.74, 6) is 6.12. The molecule has 0 bridgehead atoms. The molecular formula is C13H17NO3S2. The molecule has 1 saturated heterocycles. The first kappa shape index (κ1) is 14.5. The molecule has 0 spiro atoms. The first-order valence-electron chi connectivity index (χ1n) is 6.19. The summed E-state index contributed by atoms with van der Waals surface area (Å²) in [6.45, 7) is 2.00. The van der Waals surface area contributed by atoms with Crippen LogP contribution in [0.1, 0.15) is 16.9 Å². The van der Waals surface area contributed by atoms with Gasteiger partial charge in [0.2, 0.25) is 0 Å². The monoisotopic (exact) mass is 299 g/mol. The lowest BCUT2D eigenvalue weighted by molar-refractivity contribution is 0.289. The van der Waals surface area contributed by atoms with Crippen molar-refractivity contribution in [2.75, 3.05) is 31.2 Å². The smallest absolute Gasteiger partial charge is 0.151 e. The zero-order valence-corrected chi connectivity index (χ0v) is 12.3. The van der Waals surface area contributed by atoms with Gasteiger partial charge >= 0.3 is 0 Å². The van der Waals surface area contributed by atoms with Crippen LogP contribution in [0.15, 0.2) is 11.4 Å². The van der Waals surface area contributed by atoms with Crippen molar-refractivity contribution < 1.29 is 13.5 Å². The fourth-order valence-corrected chi connectivity index (χ4v) is 4.24. The molecule has 0 aromatic carbocycles. The van der Waals surface area contributed by atoms with E-state index in [9.17, 15) is 8.42 Å². The highest BCUT2D eigenvalue weighted by Crippen LogP contribution is 2.19. The molecule has 2 heterocycles. The molecule has 1 aliphatic heterocycles. The summed E-state index contributed by atoms with van der Waals surface area (Å²) in [6.07, 6.45) is 0.700. The highest BCUT2D eigenvalue weighted by Gasteiger charge is 2.19. The third-order valence-corrected chi connectivity index (χ3v) is 5.68. The second-order valence-electron chi connectivity index (χ2n) is 4.50. The van der Waals surface area contributed by atoms with Crippen LogP contribution in [0.3, 0.4) is 0 Å². The van der Waals surface area contributed by atoms with Gasteiger partial charge in [-0.05, 0) is 24.4 Å². The van der Waals surface area contributed by atoms with Gasteiger partial charge in [0.25, 0.3) is 0 Å². The van der Waals surface area contributed by atoms with Crippen LogP contribution in [-0.4, -0.2) is 49.6 Å². The van der Waals surface area contributed by atoms with Gasteiger partial charge in [0.05, 0.1) is 11.5 Å². The SMILES string of the molecule is O=S1(=O)CCCN(Cc2sccc2C#CCO)CC1. The van der Waals surface area contributed by atoms with Crippen LogP contribution in [0.4, 0.5) is 0 Å². The van der Waals surface area contributed by atoms with E-state index in [-0.39, 0.29) is 12.4 Å². The molecule has 1 aromatic heterocycles. The van der Waals surface area contributed by atoms with E-state index in [0.717, 1.165) is 23.5 Å². The molecule has 0 amide bonds. The predicted octanol–water partition coefficient (Wildman–Crippen LogP) is 0.712. The van der Waals surface area contributed by atoms with Gasteiger partial charge in [-0.15, -0.1) is 11.3 Å². The van der Waals surface area contributed by atoms with Crippen molar-refractivity contribution in [1.82, 2.24) is 4.90 Å². The predicted molar refractivity (Wildman–Crippen MR) is 76.8 cm³/mol. The van der Waals surface area contributed by atoms with E-state index in [1.807, 2.05) is 11.4 Å². The maximum absolute atomic E-state index is 11.6. The van der Waals surface area contributed by atoms with Crippen molar-refractivity contribution in [2.45, 2.75) is 13.0 Å². The lowest BCUT2D eigenvalue weighted by Crippen LogP contribution is -2.26. The number of thiophene rings is 1. The van der Waals surface area contributed by atoms with Gasteiger partial charge in [0.1, 0.15) is 6.61 Å². The maximum atomic E-state index is 11.6. The zero-order chi connectivity index (χ0) is 13.7. The fraction of sp³-hybridized carbons (Fsp3) is 0.538. The molecule has 0 radical (unpaired) electrons. The Labute approximate surface area is 118 Å². The summed E-state index contributed by atoms with van der Waals surface area (Å²) >= 11 is 1.63. The molecule has 104 valence electrons. The van der Waals surface area contributed by atoms with Crippen LogP contribution in [0, 0.1) is 11.8 Å². The van der Waals surface area contributed by atoms with Crippen molar-refractivity contribution in [3.63, 3.8) is 0 Å². The van der Waals surface area contributed by atoms with Crippen LogP contribution in [0.25, 0.3) is 0 Å². The highest BCUT2D eigenvalue weighted by atomic mass is 32.2. The Morgan fingerprint density at radius 2 is 2.21 bits per heavy atom. The molecule has 1 aromatic rings. The molecule has 0 unspecified atom stereocenters. The van der Waals surface area contributed by atoms with E-state index in [1.165, 1.54) is 0 Å². The normalized spacial score (nSPS) is 19.4. The topological polar surface area (TPSA) is 57.6 Å². The summed E-state index contributed by atoms with van der Waals surface area (Å²) in [5.41, 5.74) is 0.936. The van der Waals surface area contributed by atoms with Gasteiger partial charge in [-0.3, -0.25) is 4.90 Å². The second kappa shape index (κ2) is 6.53. The number of rotatable bonds is 2. The highest BCUT2D eigenvalue weighted by molar-refractivity contribution is 7.91. The van der Waals surface area contributed by atoms with E-state index in [2.05, 4.69) is 16.7 Å². The summed E-state index contributed by atoms with van der Waals surface area (Å²) in [5, 5.41) is 10.7. The van der Waals surface area contributed by atoms with Gasteiger partial charge in [-0.1, -0.05) is 11.8 Å². The van der Waals surface area contributed by atoms with Gasteiger partial charge in [-0.25, -0.2) is 8.42 Å². The molecular weight excluding hydrogens is 282 g/mol. The second-order valence-corrected chi connectivity index (χ2v) is 7.80. The molecule has 0 aliphatic carbocycles. The van der Waals surface area contributed by atoms with Gasteiger partial charge in [0.15, 0.2) is 9.84 Å². The quantitative estimate of drug-likeness (QED) is 0.817. The molecule has 0 atom stereocenters. The first-order valence-corrected chi connectivity index (χ1v) is 8.90. The Morgan fingerprint density at radius 3 is 3.00 bits per heavy atom. The van der Waals surface area contributed by atoms with Crippen LogP contribution in [0.2, 0.25) is 0 Å². The molecule has 2 rings (SSSR count). The Morgan fingerprint density at radius 1 is 1.37 bits per heavy atom. The van der Waals surface area contributed by atoms with Crippen molar-refractivity contribution in [2.24, 2.45) is 0 Å². The largest absolute Gasteiger partial charge is 0.384 e. The zero-order valence-electron chi connectivity index (χ0n) is 10.6. The van der Waals surface area contributed by atoms with Crippen molar-refractivity contribution >= 4 is 21.2 Å².